The van der Waals surface area contributed by atoms with Crippen LogP contribution in [-0.2, 0) is 21.4 Å². The number of unbranched alkanes of at least 4 members (excludes halogenated alkanes) is 1. The molecule has 0 spiro atoms. The van der Waals surface area contributed by atoms with E-state index in [1.54, 1.807) is 18.2 Å². The molecule has 11 heteroatoms. The first kappa shape index (κ1) is 25.7. The van der Waals surface area contributed by atoms with E-state index in [0.717, 1.165) is 17.5 Å². The van der Waals surface area contributed by atoms with Crippen molar-refractivity contribution in [2.45, 2.75) is 57.9 Å². The zero-order valence-corrected chi connectivity index (χ0v) is 20.9. The van der Waals surface area contributed by atoms with Crippen LogP contribution in [-0.4, -0.2) is 48.3 Å². The van der Waals surface area contributed by atoms with Crippen molar-refractivity contribution in [3.63, 3.8) is 0 Å². The number of H-pyrrole nitrogens is 1. The van der Waals surface area contributed by atoms with E-state index >= 15 is 0 Å². The van der Waals surface area contributed by atoms with Gasteiger partial charge in [0.2, 0.25) is 15.9 Å². The molecule has 0 saturated carbocycles. The molecule has 2 heterocycles. The van der Waals surface area contributed by atoms with Crippen molar-refractivity contribution in [3.05, 3.63) is 50.2 Å². The van der Waals surface area contributed by atoms with Gasteiger partial charge < -0.3 is 10.6 Å². The number of aromatic nitrogens is 2. The number of nitrogens with zero attached hydrogens (tertiary/aromatic N) is 3. The molecule has 3 rings (SSSR count). The predicted molar refractivity (Wildman–Crippen MR) is 131 cm³/mol. The molecule has 10 nitrogen and oxygen atoms in total. The van der Waals surface area contributed by atoms with Crippen LogP contribution in [0.15, 0.2) is 32.7 Å². The van der Waals surface area contributed by atoms with Gasteiger partial charge in [-0.1, -0.05) is 19.4 Å². The first-order valence-electron chi connectivity index (χ1n) is 11.5. The first-order valence-corrected chi connectivity index (χ1v) is 12.9. The zero-order valence-electron chi connectivity index (χ0n) is 20.1. The van der Waals surface area contributed by atoms with Gasteiger partial charge in [0.25, 0.3) is 5.56 Å². The van der Waals surface area contributed by atoms with Crippen LogP contribution in [0.4, 0.5) is 11.5 Å². The highest BCUT2D eigenvalue weighted by atomic mass is 32.2. The smallest absolute Gasteiger partial charge is 0.330 e. The fourth-order valence-corrected chi connectivity index (χ4v) is 5.75. The molecule has 1 aromatic heterocycles. The van der Waals surface area contributed by atoms with E-state index in [0.29, 0.717) is 25.8 Å². The summed E-state index contributed by atoms with van der Waals surface area (Å²) in [6.45, 7) is 6.49. The third kappa shape index (κ3) is 4.95. The Hall–Kier alpha value is -2.92. The Morgan fingerprint density at radius 3 is 2.41 bits per heavy atom. The highest BCUT2D eigenvalue weighted by Gasteiger charge is 2.34. The number of aromatic amines is 1. The quantitative estimate of drug-likeness (QED) is 0.603. The summed E-state index contributed by atoms with van der Waals surface area (Å²) >= 11 is 0. The fraction of sp³-hybridized carbons (Fsp3) is 0.522. The number of carbonyl (C=O) groups is 1. The lowest BCUT2D eigenvalue weighted by molar-refractivity contribution is -0.123. The minimum atomic E-state index is -3.66. The van der Waals surface area contributed by atoms with Gasteiger partial charge >= 0.3 is 5.69 Å². The van der Waals surface area contributed by atoms with Crippen LogP contribution in [0.25, 0.3) is 0 Å². The summed E-state index contributed by atoms with van der Waals surface area (Å²) in [5.74, 6) is -0.847. The second-order valence-corrected chi connectivity index (χ2v) is 10.8. The van der Waals surface area contributed by atoms with Gasteiger partial charge in [0.05, 0.1) is 4.90 Å². The topological polar surface area (TPSA) is 139 Å². The number of rotatable bonds is 7. The highest BCUT2D eigenvalue weighted by Crippen LogP contribution is 2.27. The monoisotopic (exact) mass is 491 g/mol. The molecule has 0 unspecified atom stereocenters. The van der Waals surface area contributed by atoms with Gasteiger partial charge in [-0.3, -0.25) is 19.1 Å². The maximum atomic E-state index is 13.2. The Morgan fingerprint density at radius 1 is 1.18 bits per heavy atom. The number of benzene rings is 1. The van der Waals surface area contributed by atoms with Crippen LogP contribution in [0.1, 0.15) is 43.7 Å². The van der Waals surface area contributed by atoms with Crippen molar-refractivity contribution in [2.24, 2.45) is 5.92 Å². The summed E-state index contributed by atoms with van der Waals surface area (Å²) in [6.07, 6.45) is 2.17. The summed E-state index contributed by atoms with van der Waals surface area (Å²) in [4.78, 5) is 41.5. The summed E-state index contributed by atoms with van der Waals surface area (Å²) in [5, 5.41) is 0. The van der Waals surface area contributed by atoms with Gasteiger partial charge in [0, 0.05) is 32.6 Å². The van der Waals surface area contributed by atoms with E-state index in [1.807, 2.05) is 20.8 Å². The molecule has 0 aliphatic carbocycles. The molecule has 1 amide bonds. The van der Waals surface area contributed by atoms with E-state index < -0.39 is 27.2 Å². The maximum absolute atomic E-state index is 13.2. The second-order valence-electron chi connectivity index (χ2n) is 8.82. The molecule has 1 aliphatic rings. The zero-order chi connectivity index (χ0) is 25.2. The van der Waals surface area contributed by atoms with Crippen LogP contribution >= 0.6 is 0 Å². The second kappa shape index (κ2) is 10.1. The largest absolute Gasteiger partial charge is 0.383 e. The van der Waals surface area contributed by atoms with E-state index in [-0.39, 0.29) is 35.4 Å². The molecule has 186 valence electrons. The van der Waals surface area contributed by atoms with Crippen LogP contribution < -0.4 is 21.9 Å². The maximum Gasteiger partial charge on any atom is 0.330 e. The van der Waals surface area contributed by atoms with E-state index in [1.165, 1.54) is 20.8 Å². The Kier molecular flexibility index (Phi) is 7.67. The third-order valence-electron chi connectivity index (χ3n) is 6.53. The van der Waals surface area contributed by atoms with Gasteiger partial charge in [-0.15, -0.1) is 0 Å². The molecule has 0 radical (unpaired) electrons. The summed E-state index contributed by atoms with van der Waals surface area (Å²) in [7, 11) is -2.21. The van der Waals surface area contributed by atoms with Crippen molar-refractivity contribution >= 4 is 27.4 Å². The standard InChI is InChI=1S/C23H33N5O5S/c1-5-6-11-28-20(24)19(21(29)25-23(28)31)26(4)22(30)17-9-12-27(13-10-17)34(32,33)18-8-7-15(2)16(3)14-18/h7-8,14,17H,5-6,9-13,24H2,1-4H3,(H,25,29,31). The van der Waals surface area contributed by atoms with E-state index in [2.05, 4.69) is 4.98 Å². The van der Waals surface area contributed by atoms with Gasteiger partial charge in [0.15, 0.2) is 5.69 Å². The molecule has 34 heavy (non-hydrogen) atoms. The number of hydrogen-bond acceptors (Lipinski definition) is 6. The highest BCUT2D eigenvalue weighted by molar-refractivity contribution is 7.89. The SMILES string of the molecule is CCCCn1c(N)c(N(C)C(=O)C2CCN(S(=O)(=O)c3ccc(C)c(C)c3)CC2)c(=O)[nH]c1=O. The van der Waals surface area contributed by atoms with Crippen molar-refractivity contribution in [1.29, 1.82) is 0 Å². The van der Waals surface area contributed by atoms with Gasteiger partial charge in [-0.2, -0.15) is 4.31 Å². The number of carbonyl (C=O) groups excluding carboxylic acids is 1. The average Bonchev–Trinajstić information content (AvgIpc) is 2.80. The molecule has 1 aromatic carbocycles. The number of nitrogens with two attached hydrogens (primary N) is 1. The van der Waals surface area contributed by atoms with Crippen LogP contribution in [0.2, 0.25) is 0 Å². The third-order valence-corrected chi connectivity index (χ3v) is 8.43. The Balaban J connectivity index is 1.76. The summed E-state index contributed by atoms with van der Waals surface area (Å²) in [6, 6.07) is 5.05. The minimum Gasteiger partial charge on any atom is -0.383 e. The van der Waals surface area contributed by atoms with Gasteiger partial charge in [-0.05, 0) is 56.4 Å². The van der Waals surface area contributed by atoms with Crippen molar-refractivity contribution < 1.29 is 13.2 Å². The lowest BCUT2D eigenvalue weighted by Crippen LogP contribution is -2.45. The minimum absolute atomic E-state index is 0.0483. The summed E-state index contributed by atoms with van der Waals surface area (Å²) in [5.41, 5.74) is 6.64. The normalized spacial score (nSPS) is 15.4. The molecule has 3 N–H and O–H groups in total. The molecule has 0 atom stereocenters. The number of nitrogens with one attached hydrogen (secondary N) is 1. The Morgan fingerprint density at radius 2 is 1.82 bits per heavy atom. The molecule has 1 saturated heterocycles. The average molecular weight is 492 g/mol. The number of nitrogen functional groups attached to an aromatic ring is 1. The lowest BCUT2D eigenvalue weighted by Gasteiger charge is -2.32. The number of piperidine rings is 1. The number of sulfonamides is 1. The van der Waals surface area contributed by atoms with Crippen molar-refractivity contribution in [2.75, 3.05) is 30.8 Å². The molecule has 2 aromatic rings. The number of anilines is 2. The Labute approximate surface area is 199 Å². The van der Waals surface area contributed by atoms with Gasteiger partial charge in [0.1, 0.15) is 5.82 Å². The number of aryl methyl sites for hydroxylation is 2. The first-order chi connectivity index (χ1) is 16.0. The molecule has 0 bridgehead atoms. The predicted octanol–water partition coefficient (Wildman–Crippen LogP) is 1.60. The van der Waals surface area contributed by atoms with E-state index in [9.17, 15) is 22.8 Å². The lowest BCUT2D eigenvalue weighted by atomic mass is 9.96. The number of amides is 1. The van der Waals surface area contributed by atoms with Crippen molar-refractivity contribution in [3.8, 4) is 0 Å². The van der Waals surface area contributed by atoms with Crippen molar-refractivity contribution in [1.82, 2.24) is 13.9 Å². The molecular formula is C23H33N5O5S. The van der Waals surface area contributed by atoms with Crippen LogP contribution in [0.3, 0.4) is 0 Å². The summed E-state index contributed by atoms with van der Waals surface area (Å²) < 4.78 is 28.8. The van der Waals surface area contributed by atoms with Crippen LogP contribution in [0.5, 0.6) is 0 Å². The number of hydrogen-bond donors (Lipinski definition) is 2. The van der Waals surface area contributed by atoms with E-state index in [4.69, 9.17) is 5.73 Å². The van der Waals surface area contributed by atoms with Crippen LogP contribution in [0, 0.1) is 19.8 Å². The molecular weight excluding hydrogens is 458 g/mol. The Bertz CT molecular complexity index is 1290. The molecule has 1 fully saturated rings. The van der Waals surface area contributed by atoms with Gasteiger partial charge in [-0.25, -0.2) is 13.2 Å². The molecule has 1 aliphatic heterocycles. The fourth-order valence-electron chi connectivity index (χ4n) is 4.19.